The fourth-order valence-corrected chi connectivity index (χ4v) is 3.29. The summed E-state index contributed by atoms with van der Waals surface area (Å²) >= 11 is 0. The summed E-state index contributed by atoms with van der Waals surface area (Å²) in [6.07, 6.45) is -1.17. The van der Waals surface area contributed by atoms with Crippen molar-refractivity contribution in [1.82, 2.24) is 4.90 Å². The zero-order valence-corrected chi connectivity index (χ0v) is 12.8. The molecule has 0 spiro atoms. The molecule has 1 aliphatic rings. The van der Waals surface area contributed by atoms with Crippen molar-refractivity contribution in [3.05, 3.63) is 0 Å². The van der Waals surface area contributed by atoms with Gasteiger partial charge in [-0.25, -0.2) is 8.78 Å². The van der Waals surface area contributed by atoms with Crippen LogP contribution in [0.25, 0.3) is 0 Å². The van der Waals surface area contributed by atoms with Gasteiger partial charge in [0.15, 0.2) is 0 Å². The van der Waals surface area contributed by atoms with Gasteiger partial charge in [-0.15, -0.1) is 0 Å². The summed E-state index contributed by atoms with van der Waals surface area (Å²) < 4.78 is 25.1. The molecule has 2 atom stereocenters. The molecule has 1 rings (SSSR count). The summed E-state index contributed by atoms with van der Waals surface area (Å²) in [5.74, 6) is 1.11. The molecule has 0 aromatic heterocycles. The largest absolute Gasteiger partial charge is 0.297 e. The van der Waals surface area contributed by atoms with Crippen LogP contribution in [0.15, 0.2) is 0 Å². The third kappa shape index (κ3) is 4.18. The van der Waals surface area contributed by atoms with Crippen LogP contribution < -0.4 is 0 Å². The van der Waals surface area contributed by atoms with Crippen LogP contribution >= 0.6 is 0 Å². The molecule has 0 aliphatic carbocycles. The zero-order valence-electron chi connectivity index (χ0n) is 12.8. The van der Waals surface area contributed by atoms with Crippen molar-refractivity contribution in [3.63, 3.8) is 0 Å². The Morgan fingerprint density at radius 1 is 1.00 bits per heavy atom. The first-order valence-electron chi connectivity index (χ1n) is 7.02. The molecule has 1 nitrogen and oxygen atoms in total. The Balaban J connectivity index is 2.80. The van der Waals surface area contributed by atoms with Gasteiger partial charge in [0.1, 0.15) is 0 Å². The predicted octanol–water partition coefficient (Wildman–Crippen LogP) is 4.28. The maximum Gasteiger partial charge on any atom is 0.251 e. The Kier molecular flexibility index (Phi) is 4.80. The van der Waals surface area contributed by atoms with E-state index in [9.17, 15) is 8.78 Å². The second kappa shape index (κ2) is 5.44. The van der Waals surface area contributed by atoms with Crippen molar-refractivity contribution in [1.29, 1.82) is 0 Å². The average Bonchev–Trinajstić information content (AvgIpc) is 2.13. The summed E-state index contributed by atoms with van der Waals surface area (Å²) in [4.78, 5) is 1.95. The first-order valence-corrected chi connectivity index (χ1v) is 7.02. The van der Waals surface area contributed by atoms with Crippen LogP contribution in [0.5, 0.6) is 0 Å². The summed E-state index contributed by atoms with van der Waals surface area (Å²) in [5, 5.41) is 0. The lowest BCUT2D eigenvalue weighted by atomic mass is 9.61. The average molecular weight is 261 g/mol. The van der Waals surface area contributed by atoms with Crippen LogP contribution in [0, 0.1) is 22.7 Å². The topological polar surface area (TPSA) is 3.24 Å². The van der Waals surface area contributed by atoms with Crippen LogP contribution in [0.2, 0.25) is 0 Å². The summed E-state index contributed by atoms with van der Waals surface area (Å²) in [7, 11) is 0. The van der Waals surface area contributed by atoms with E-state index in [0.717, 1.165) is 19.5 Å². The lowest BCUT2D eigenvalue weighted by Crippen LogP contribution is -2.50. The highest BCUT2D eigenvalue weighted by Gasteiger charge is 2.42. The molecule has 18 heavy (non-hydrogen) atoms. The lowest BCUT2D eigenvalue weighted by Gasteiger charge is -2.49. The van der Waals surface area contributed by atoms with Gasteiger partial charge in [0.2, 0.25) is 0 Å². The minimum atomic E-state index is -2.21. The van der Waals surface area contributed by atoms with Gasteiger partial charge in [0, 0.05) is 6.54 Å². The first-order chi connectivity index (χ1) is 8.01. The van der Waals surface area contributed by atoms with E-state index in [2.05, 4.69) is 41.5 Å². The van der Waals surface area contributed by atoms with E-state index in [0.29, 0.717) is 11.8 Å². The zero-order chi connectivity index (χ0) is 14.1. The molecule has 0 amide bonds. The molecule has 0 saturated carbocycles. The Hall–Kier alpha value is -0.180. The number of halogens is 2. The SMILES string of the molecule is CC(C)(C)C1CCN(CC(F)F)CC1C(C)(C)C. The molecule has 0 bridgehead atoms. The molecule has 0 aromatic rings. The van der Waals surface area contributed by atoms with E-state index in [1.807, 2.05) is 4.90 Å². The molecule has 3 heteroatoms. The van der Waals surface area contributed by atoms with Crippen molar-refractivity contribution in [2.24, 2.45) is 22.7 Å². The van der Waals surface area contributed by atoms with Crippen LogP contribution in [0.3, 0.4) is 0 Å². The van der Waals surface area contributed by atoms with Crippen molar-refractivity contribution < 1.29 is 8.78 Å². The van der Waals surface area contributed by atoms with Gasteiger partial charge in [-0.3, -0.25) is 4.90 Å². The minimum Gasteiger partial charge on any atom is -0.297 e. The molecular formula is C15H29F2N. The van der Waals surface area contributed by atoms with Gasteiger partial charge in [0.25, 0.3) is 6.43 Å². The third-order valence-electron chi connectivity index (χ3n) is 4.32. The highest BCUT2D eigenvalue weighted by atomic mass is 19.3. The van der Waals surface area contributed by atoms with Gasteiger partial charge < -0.3 is 0 Å². The fraction of sp³-hybridized carbons (Fsp3) is 1.00. The number of likely N-dealkylation sites (tertiary alicyclic amines) is 1. The normalized spacial score (nSPS) is 27.8. The highest BCUT2D eigenvalue weighted by Crippen LogP contribution is 2.45. The molecule has 1 saturated heterocycles. The van der Waals surface area contributed by atoms with Crippen molar-refractivity contribution in [2.45, 2.75) is 54.4 Å². The highest BCUT2D eigenvalue weighted by molar-refractivity contribution is 4.92. The monoisotopic (exact) mass is 261 g/mol. The van der Waals surface area contributed by atoms with Crippen molar-refractivity contribution in [3.8, 4) is 0 Å². The van der Waals surface area contributed by atoms with Crippen LogP contribution in [-0.4, -0.2) is 31.0 Å². The number of hydrogen-bond donors (Lipinski definition) is 0. The maximum absolute atomic E-state index is 12.5. The van der Waals surface area contributed by atoms with E-state index in [1.54, 1.807) is 0 Å². The van der Waals surface area contributed by atoms with Crippen LogP contribution in [0.4, 0.5) is 8.78 Å². The number of alkyl halides is 2. The van der Waals surface area contributed by atoms with Crippen molar-refractivity contribution in [2.75, 3.05) is 19.6 Å². The number of piperidine rings is 1. The molecule has 0 N–H and O–H groups in total. The second-order valence-electron chi connectivity index (χ2n) is 7.88. The summed E-state index contributed by atoms with van der Waals surface area (Å²) in [6.45, 7) is 15.1. The molecule has 1 aliphatic heterocycles. The number of rotatable bonds is 2. The summed E-state index contributed by atoms with van der Waals surface area (Å²) in [5.41, 5.74) is 0.438. The molecule has 1 heterocycles. The van der Waals surface area contributed by atoms with Gasteiger partial charge in [-0.2, -0.15) is 0 Å². The van der Waals surface area contributed by atoms with Crippen molar-refractivity contribution >= 4 is 0 Å². The molecular weight excluding hydrogens is 232 g/mol. The van der Waals surface area contributed by atoms with E-state index >= 15 is 0 Å². The molecule has 0 radical (unpaired) electrons. The number of hydrogen-bond acceptors (Lipinski definition) is 1. The van der Waals surface area contributed by atoms with E-state index in [1.165, 1.54) is 0 Å². The lowest BCUT2D eigenvalue weighted by molar-refractivity contribution is -0.0255. The van der Waals surface area contributed by atoms with Crippen LogP contribution in [0.1, 0.15) is 48.0 Å². The molecule has 108 valence electrons. The van der Waals surface area contributed by atoms with Gasteiger partial charge >= 0.3 is 0 Å². The molecule has 1 fully saturated rings. The van der Waals surface area contributed by atoms with E-state index in [-0.39, 0.29) is 17.4 Å². The Morgan fingerprint density at radius 3 is 1.89 bits per heavy atom. The van der Waals surface area contributed by atoms with E-state index < -0.39 is 6.43 Å². The molecule has 2 unspecified atom stereocenters. The minimum absolute atomic E-state index is 0.0660. The second-order valence-corrected chi connectivity index (χ2v) is 7.88. The standard InChI is InChI=1S/C15H29F2N/c1-14(2,3)11-7-8-18(10-13(16)17)9-12(11)15(4,5)6/h11-13H,7-10H2,1-6H3. The van der Waals surface area contributed by atoms with Crippen LogP contribution in [-0.2, 0) is 0 Å². The number of nitrogens with zero attached hydrogens (tertiary/aromatic N) is 1. The molecule has 0 aromatic carbocycles. The predicted molar refractivity (Wildman–Crippen MR) is 73.0 cm³/mol. The fourth-order valence-electron chi connectivity index (χ4n) is 3.29. The Labute approximate surface area is 111 Å². The van der Waals surface area contributed by atoms with E-state index in [4.69, 9.17) is 0 Å². The Morgan fingerprint density at radius 2 is 1.50 bits per heavy atom. The summed E-state index contributed by atoms with van der Waals surface area (Å²) in [6, 6.07) is 0. The van der Waals surface area contributed by atoms with Gasteiger partial charge in [0.05, 0.1) is 6.54 Å². The maximum atomic E-state index is 12.5. The Bertz CT molecular complexity index is 263. The third-order valence-corrected chi connectivity index (χ3v) is 4.32. The van der Waals surface area contributed by atoms with Gasteiger partial charge in [-0.1, -0.05) is 41.5 Å². The quantitative estimate of drug-likeness (QED) is 0.717. The van der Waals surface area contributed by atoms with Gasteiger partial charge in [-0.05, 0) is 35.6 Å². The first kappa shape index (κ1) is 15.9. The smallest absolute Gasteiger partial charge is 0.251 e.